The molecular weight excluding hydrogens is 286 g/mol. The number of aliphatic hydroxyl groups is 1. The van der Waals surface area contributed by atoms with E-state index in [0.29, 0.717) is 26.1 Å². The largest absolute Gasteiger partial charge is 0.496 e. The van der Waals surface area contributed by atoms with E-state index in [1.165, 1.54) is 0 Å². The monoisotopic (exact) mass is 309 g/mol. The third-order valence-electron chi connectivity index (χ3n) is 4.23. The number of hydrogen-bond acceptors (Lipinski definition) is 5. The van der Waals surface area contributed by atoms with Crippen LogP contribution in [-0.2, 0) is 11.3 Å². The Morgan fingerprint density at radius 2 is 2.09 bits per heavy atom. The Morgan fingerprint density at radius 1 is 1.36 bits per heavy atom. The summed E-state index contributed by atoms with van der Waals surface area (Å²) in [7, 11) is 3.23. The average molecular weight is 309 g/mol. The van der Waals surface area contributed by atoms with Gasteiger partial charge in [-0.25, -0.2) is 0 Å². The van der Waals surface area contributed by atoms with E-state index in [4.69, 9.17) is 9.47 Å². The molecule has 0 aliphatic carbocycles. The van der Waals surface area contributed by atoms with Crippen LogP contribution in [0.25, 0.3) is 0 Å². The quantitative estimate of drug-likeness (QED) is 0.853. The van der Waals surface area contributed by atoms with Crippen LogP contribution in [0.1, 0.15) is 17.5 Å². The first-order valence-corrected chi connectivity index (χ1v) is 7.31. The second-order valence-corrected chi connectivity index (χ2v) is 5.62. The van der Waals surface area contributed by atoms with Crippen molar-refractivity contribution in [3.8, 4) is 11.5 Å². The smallest absolute Gasteiger partial charge is 0.310 e. The van der Waals surface area contributed by atoms with Gasteiger partial charge in [-0.2, -0.15) is 0 Å². The number of methoxy groups -OCH3 is 2. The summed E-state index contributed by atoms with van der Waals surface area (Å²) >= 11 is 0. The van der Waals surface area contributed by atoms with Gasteiger partial charge in [-0.15, -0.1) is 0 Å². The predicted octanol–water partition coefficient (Wildman–Crippen LogP) is 1.28. The minimum absolute atomic E-state index is 0.338. The molecule has 2 atom stereocenters. The molecule has 6 nitrogen and oxygen atoms in total. The topological polar surface area (TPSA) is 79.2 Å². The number of benzene rings is 1. The Bertz CT molecular complexity index is 546. The van der Waals surface area contributed by atoms with Gasteiger partial charge in [-0.05, 0) is 19.4 Å². The Hall–Kier alpha value is -1.79. The van der Waals surface area contributed by atoms with Gasteiger partial charge in [0.25, 0.3) is 0 Å². The standard InChI is InChI=1S/C16H23NO5/c1-10-14(21-2)5-4-11(15(10)22-3)8-17-7-6-13(18)12(9-17)16(19)20/h4-5,12-13,18H,6-9H2,1-3H3,(H,19,20)/t12-,13+/m1/s1. The van der Waals surface area contributed by atoms with E-state index >= 15 is 0 Å². The molecule has 122 valence electrons. The highest BCUT2D eigenvalue weighted by Gasteiger charge is 2.33. The van der Waals surface area contributed by atoms with Crippen molar-refractivity contribution >= 4 is 5.97 Å². The van der Waals surface area contributed by atoms with Gasteiger partial charge < -0.3 is 19.7 Å². The van der Waals surface area contributed by atoms with E-state index in [2.05, 4.69) is 0 Å². The second-order valence-electron chi connectivity index (χ2n) is 5.62. The van der Waals surface area contributed by atoms with E-state index < -0.39 is 18.0 Å². The molecule has 2 N–H and O–H groups in total. The van der Waals surface area contributed by atoms with Crippen molar-refractivity contribution in [3.63, 3.8) is 0 Å². The number of carboxylic acid groups (broad SMARTS) is 1. The SMILES string of the molecule is COc1ccc(CN2CC[C@H](O)[C@H](C(=O)O)C2)c(OC)c1C. The summed E-state index contributed by atoms with van der Waals surface area (Å²) < 4.78 is 10.8. The number of aliphatic hydroxyl groups excluding tert-OH is 1. The Kier molecular flexibility index (Phi) is 5.26. The highest BCUT2D eigenvalue weighted by Crippen LogP contribution is 2.32. The van der Waals surface area contributed by atoms with Gasteiger partial charge in [0, 0.05) is 30.8 Å². The third kappa shape index (κ3) is 3.34. The fraction of sp³-hybridized carbons (Fsp3) is 0.562. The lowest BCUT2D eigenvalue weighted by Crippen LogP contribution is -2.46. The first-order valence-electron chi connectivity index (χ1n) is 7.31. The van der Waals surface area contributed by atoms with Crippen LogP contribution in [0.2, 0.25) is 0 Å². The first-order chi connectivity index (χ1) is 10.5. The van der Waals surface area contributed by atoms with Crippen molar-refractivity contribution in [3.05, 3.63) is 23.3 Å². The molecule has 0 saturated carbocycles. The molecular formula is C16H23NO5. The van der Waals surface area contributed by atoms with Gasteiger partial charge in [0.1, 0.15) is 11.5 Å². The number of nitrogens with zero attached hydrogens (tertiary/aromatic N) is 1. The zero-order valence-corrected chi connectivity index (χ0v) is 13.2. The number of piperidine rings is 1. The molecule has 1 aromatic carbocycles. The molecule has 2 rings (SSSR count). The Morgan fingerprint density at radius 3 is 2.68 bits per heavy atom. The van der Waals surface area contributed by atoms with E-state index in [1.54, 1.807) is 14.2 Å². The zero-order valence-electron chi connectivity index (χ0n) is 13.2. The van der Waals surface area contributed by atoms with Crippen LogP contribution >= 0.6 is 0 Å². The molecule has 0 aromatic heterocycles. The van der Waals surface area contributed by atoms with Crippen molar-refractivity contribution < 1.29 is 24.5 Å². The maximum Gasteiger partial charge on any atom is 0.310 e. The molecule has 0 spiro atoms. The lowest BCUT2D eigenvalue weighted by molar-refractivity contribution is -0.149. The van der Waals surface area contributed by atoms with Crippen LogP contribution < -0.4 is 9.47 Å². The normalized spacial score (nSPS) is 22.4. The van der Waals surface area contributed by atoms with E-state index in [-0.39, 0.29) is 0 Å². The molecule has 22 heavy (non-hydrogen) atoms. The summed E-state index contributed by atoms with van der Waals surface area (Å²) in [5.74, 6) is -0.162. The average Bonchev–Trinajstić information content (AvgIpc) is 2.49. The molecule has 0 bridgehead atoms. The van der Waals surface area contributed by atoms with Crippen LogP contribution in [0.15, 0.2) is 12.1 Å². The van der Waals surface area contributed by atoms with Crippen molar-refractivity contribution in [2.24, 2.45) is 5.92 Å². The number of carbonyl (C=O) groups is 1. The molecule has 0 amide bonds. The maximum atomic E-state index is 11.2. The molecule has 1 saturated heterocycles. The third-order valence-corrected chi connectivity index (χ3v) is 4.23. The summed E-state index contributed by atoms with van der Waals surface area (Å²) in [5, 5.41) is 19.0. The Balaban J connectivity index is 2.17. The minimum atomic E-state index is -0.949. The minimum Gasteiger partial charge on any atom is -0.496 e. The number of rotatable bonds is 5. The van der Waals surface area contributed by atoms with Crippen molar-refractivity contribution in [1.29, 1.82) is 0 Å². The van der Waals surface area contributed by atoms with Crippen LogP contribution in [-0.4, -0.2) is 54.5 Å². The fourth-order valence-electron chi connectivity index (χ4n) is 2.99. The summed E-state index contributed by atoms with van der Waals surface area (Å²) in [4.78, 5) is 13.2. The van der Waals surface area contributed by atoms with Gasteiger partial charge in [0.2, 0.25) is 0 Å². The van der Waals surface area contributed by atoms with Crippen LogP contribution in [0.3, 0.4) is 0 Å². The van der Waals surface area contributed by atoms with Crippen molar-refractivity contribution in [1.82, 2.24) is 4.90 Å². The molecule has 1 aliphatic rings. The second kappa shape index (κ2) is 6.98. The molecule has 1 aromatic rings. The van der Waals surface area contributed by atoms with E-state index in [1.807, 2.05) is 24.0 Å². The predicted molar refractivity (Wildman–Crippen MR) is 81.3 cm³/mol. The highest BCUT2D eigenvalue weighted by atomic mass is 16.5. The number of aliphatic carboxylic acids is 1. The van der Waals surface area contributed by atoms with Crippen LogP contribution in [0.5, 0.6) is 11.5 Å². The summed E-state index contributed by atoms with van der Waals surface area (Å²) in [6, 6.07) is 3.83. The van der Waals surface area contributed by atoms with E-state index in [0.717, 1.165) is 22.6 Å². The van der Waals surface area contributed by atoms with E-state index in [9.17, 15) is 15.0 Å². The first kappa shape index (κ1) is 16.6. The van der Waals surface area contributed by atoms with Gasteiger partial charge in [0.05, 0.1) is 26.2 Å². The maximum absolute atomic E-state index is 11.2. The number of likely N-dealkylation sites (tertiary alicyclic amines) is 1. The summed E-state index contributed by atoms with van der Waals surface area (Å²) in [6.07, 6.45) is -0.303. The highest BCUT2D eigenvalue weighted by molar-refractivity contribution is 5.71. The number of ether oxygens (including phenoxy) is 2. The van der Waals surface area contributed by atoms with Gasteiger partial charge in [-0.1, -0.05) is 6.07 Å². The van der Waals surface area contributed by atoms with Crippen LogP contribution in [0.4, 0.5) is 0 Å². The lowest BCUT2D eigenvalue weighted by atomic mass is 9.94. The van der Waals surface area contributed by atoms with Crippen molar-refractivity contribution in [2.45, 2.75) is 26.0 Å². The number of hydrogen-bond donors (Lipinski definition) is 2. The molecule has 0 radical (unpaired) electrons. The lowest BCUT2D eigenvalue weighted by Gasteiger charge is -2.34. The Labute approximate surface area is 130 Å². The molecule has 1 aliphatic heterocycles. The van der Waals surface area contributed by atoms with Gasteiger partial charge in [0.15, 0.2) is 0 Å². The van der Waals surface area contributed by atoms with Crippen LogP contribution in [0, 0.1) is 12.8 Å². The molecule has 0 unspecified atom stereocenters. The van der Waals surface area contributed by atoms with Gasteiger partial charge in [-0.3, -0.25) is 9.69 Å². The van der Waals surface area contributed by atoms with Crippen molar-refractivity contribution in [2.75, 3.05) is 27.3 Å². The molecule has 1 heterocycles. The fourth-order valence-corrected chi connectivity index (χ4v) is 2.99. The van der Waals surface area contributed by atoms with Gasteiger partial charge >= 0.3 is 5.97 Å². The summed E-state index contributed by atoms with van der Waals surface area (Å²) in [5.41, 5.74) is 1.91. The molecule has 6 heteroatoms. The zero-order chi connectivity index (χ0) is 16.3. The molecule has 1 fully saturated rings. The summed E-state index contributed by atoms with van der Waals surface area (Å²) in [6.45, 7) is 3.52. The number of carboxylic acids is 1.